The van der Waals surface area contributed by atoms with E-state index in [0.717, 1.165) is 17.1 Å². The van der Waals surface area contributed by atoms with E-state index in [9.17, 15) is 4.79 Å². The molecule has 0 fully saturated rings. The normalized spacial score (nSPS) is 11.8. The summed E-state index contributed by atoms with van der Waals surface area (Å²) in [5.41, 5.74) is 2.02. The first-order valence-corrected chi connectivity index (χ1v) is 9.61. The summed E-state index contributed by atoms with van der Waals surface area (Å²) in [7, 11) is 1.61. The number of hydrogen-bond acceptors (Lipinski definition) is 6. The molecule has 1 aromatic heterocycles. The van der Waals surface area contributed by atoms with Crippen LogP contribution in [0.25, 0.3) is 11.4 Å². The molecule has 0 aliphatic rings. The van der Waals surface area contributed by atoms with Gasteiger partial charge in [0.05, 0.1) is 18.9 Å². The second-order valence-corrected chi connectivity index (χ2v) is 7.23. The first-order valence-electron chi connectivity index (χ1n) is 8.56. The fourth-order valence-electron chi connectivity index (χ4n) is 2.36. The van der Waals surface area contributed by atoms with Crippen LogP contribution in [0.15, 0.2) is 59.1 Å². The Kier molecular flexibility index (Phi) is 6.49. The van der Waals surface area contributed by atoms with Crippen LogP contribution < -0.4 is 10.1 Å². The van der Waals surface area contributed by atoms with E-state index in [2.05, 4.69) is 27.6 Å². The summed E-state index contributed by atoms with van der Waals surface area (Å²) in [6, 6.07) is 17.5. The minimum absolute atomic E-state index is 0.0554. The molecule has 0 aliphatic carbocycles. The smallest absolute Gasteiger partial charge is 0.246 e. The highest BCUT2D eigenvalue weighted by Gasteiger charge is 2.15. The maximum absolute atomic E-state index is 12.2. The van der Waals surface area contributed by atoms with Gasteiger partial charge in [0.15, 0.2) is 0 Å². The summed E-state index contributed by atoms with van der Waals surface area (Å²) >= 11 is 1.59. The van der Waals surface area contributed by atoms with Gasteiger partial charge in [-0.05, 0) is 36.8 Å². The van der Waals surface area contributed by atoms with Crippen molar-refractivity contribution in [1.82, 2.24) is 15.5 Å². The predicted molar refractivity (Wildman–Crippen MR) is 105 cm³/mol. The minimum Gasteiger partial charge on any atom is -0.497 e. The third kappa shape index (κ3) is 5.34. The number of amides is 1. The van der Waals surface area contributed by atoms with Crippen molar-refractivity contribution in [3.8, 4) is 17.1 Å². The van der Waals surface area contributed by atoms with Crippen molar-refractivity contribution in [3.05, 3.63) is 66.1 Å². The van der Waals surface area contributed by atoms with Crippen LogP contribution in [0.4, 0.5) is 0 Å². The van der Waals surface area contributed by atoms with Gasteiger partial charge in [-0.3, -0.25) is 4.79 Å². The fraction of sp³-hybridized carbons (Fsp3) is 0.250. The van der Waals surface area contributed by atoms with Crippen LogP contribution in [0, 0.1) is 0 Å². The van der Waals surface area contributed by atoms with Crippen molar-refractivity contribution in [2.24, 2.45) is 0 Å². The number of thioether (sulfide) groups is 1. The molecular formula is C20H21N3O3S. The van der Waals surface area contributed by atoms with Crippen molar-refractivity contribution < 1.29 is 14.1 Å². The summed E-state index contributed by atoms with van der Waals surface area (Å²) in [4.78, 5) is 16.6. The Balaban J connectivity index is 1.49. The van der Waals surface area contributed by atoms with Crippen LogP contribution in [0.5, 0.6) is 5.75 Å². The van der Waals surface area contributed by atoms with Crippen LogP contribution in [-0.2, 0) is 17.1 Å². The molecule has 0 bridgehead atoms. The number of benzene rings is 2. The Labute approximate surface area is 162 Å². The molecule has 27 heavy (non-hydrogen) atoms. The Morgan fingerprint density at radius 1 is 1.19 bits per heavy atom. The van der Waals surface area contributed by atoms with E-state index < -0.39 is 0 Å². The lowest BCUT2D eigenvalue weighted by Gasteiger charge is -2.10. The fourth-order valence-corrected chi connectivity index (χ4v) is 3.23. The van der Waals surface area contributed by atoms with Gasteiger partial charge in [0, 0.05) is 11.3 Å². The molecular weight excluding hydrogens is 362 g/mol. The molecule has 1 N–H and O–H groups in total. The van der Waals surface area contributed by atoms with Gasteiger partial charge in [0.25, 0.3) is 0 Å². The topological polar surface area (TPSA) is 77.3 Å². The van der Waals surface area contributed by atoms with Gasteiger partial charge in [-0.25, -0.2) is 0 Å². The zero-order valence-corrected chi connectivity index (χ0v) is 16.0. The standard InChI is InChI=1S/C20H21N3O3S/c1-14(27-13-15-6-4-3-5-7-15)20(24)21-12-18-22-19(23-26-18)16-8-10-17(25-2)11-9-16/h3-11,14H,12-13H2,1-2H3,(H,21,24). The molecule has 0 saturated heterocycles. The van der Waals surface area contributed by atoms with Crippen LogP contribution in [0.3, 0.4) is 0 Å². The molecule has 1 amide bonds. The Morgan fingerprint density at radius 3 is 2.63 bits per heavy atom. The number of nitrogens with one attached hydrogen (secondary N) is 1. The minimum atomic E-state index is -0.172. The number of carbonyl (C=O) groups excluding carboxylic acids is 1. The summed E-state index contributed by atoms with van der Waals surface area (Å²) in [6.45, 7) is 2.10. The molecule has 3 aromatic rings. The maximum atomic E-state index is 12.2. The number of nitrogens with zero attached hydrogens (tertiary/aromatic N) is 2. The zero-order chi connectivity index (χ0) is 19.1. The lowest BCUT2D eigenvalue weighted by molar-refractivity contribution is -0.120. The molecule has 0 radical (unpaired) electrons. The number of carbonyl (C=O) groups is 1. The second-order valence-electron chi connectivity index (χ2n) is 5.90. The Morgan fingerprint density at radius 2 is 1.93 bits per heavy atom. The molecule has 7 heteroatoms. The first-order chi connectivity index (χ1) is 13.2. The Hall–Kier alpha value is -2.80. The van der Waals surface area contributed by atoms with Gasteiger partial charge < -0.3 is 14.6 Å². The van der Waals surface area contributed by atoms with Gasteiger partial charge >= 0.3 is 0 Å². The van der Waals surface area contributed by atoms with E-state index in [1.807, 2.05) is 49.4 Å². The van der Waals surface area contributed by atoms with E-state index in [4.69, 9.17) is 9.26 Å². The highest BCUT2D eigenvalue weighted by atomic mass is 32.2. The molecule has 0 aliphatic heterocycles. The van der Waals surface area contributed by atoms with Gasteiger partial charge in [-0.1, -0.05) is 35.5 Å². The number of aromatic nitrogens is 2. The number of hydrogen-bond donors (Lipinski definition) is 1. The first kappa shape index (κ1) is 19.0. The number of methoxy groups -OCH3 is 1. The third-order valence-electron chi connectivity index (χ3n) is 3.94. The van der Waals surface area contributed by atoms with Crippen molar-refractivity contribution in [1.29, 1.82) is 0 Å². The molecule has 1 heterocycles. The third-order valence-corrected chi connectivity index (χ3v) is 5.16. The van der Waals surface area contributed by atoms with Gasteiger partial charge in [0.1, 0.15) is 5.75 Å². The van der Waals surface area contributed by atoms with Crippen LogP contribution in [0.2, 0.25) is 0 Å². The van der Waals surface area contributed by atoms with Crippen LogP contribution in [-0.4, -0.2) is 28.4 Å². The highest BCUT2D eigenvalue weighted by Crippen LogP contribution is 2.20. The van der Waals surface area contributed by atoms with E-state index >= 15 is 0 Å². The van der Waals surface area contributed by atoms with Crippen LogP contribution in [0.1, 0.15) is 18.4 Å². The molecule has 0 saturated carbocycles. The molecule has 1 atom stereocenters. The summed E-state index contributed by atoms with van der Waals surface area (Å²) in [6.07, 6.45) is 0. The summed E-state index contributed by atoms with van der Waals surface area (Å²) in [5, 5.41) is 6.63. The molecule has 3 rings (SSSR count). The van der Waals surface area contributed by atoms with Gasteiger partial charge in [-0.2, -0.15) is 4.98 Å². The summed E-state index contributed by atoms with van der Waals surface area (Å²) in [5.74, 6) is 2.34. The van der Waals surface area contributed by atoms with E-state index in [0.29, 0.717) is 11.7 Å². The van der Waals surface area contributed by atoms with Crippen LogP contribution >= 0.6 is 11.8 Å². The zero-order valence-electron chi connectivity index (χ0n) is 15.2. The maximum Gasteiger partial charge on any atom is 0.246 e. The molecule has 140 valence electrons. The molecule has 2 aromatic carbocycles. The monoisotopic (exact) mass is 383 g/mol. The molecule has 0 spiro atoms. The number of rotatable bonds is 8. The highest BCUT2D eigenvalue weighted by molar-refractivity contribution is 7.99. The predicted octanol–water partition coefficient (Wildman–Crippen LogP) is 3.68. The van der Waals surface area contributed by atoms with E-state index in [1.165, 1.54) is 5.56 Å². The Bertz CT molecular complexity index is 866. The van der Waals surface area contributed by atoms with Gasteiger partial charge in [0.2, 0.25) is 17.6 Å². The second kappa shape index (κ2) is 9.23. The van der Waals surface area contributed by atoms with E-state index in [-0.39, 0.29) is 17.7 Å². The lowest BCUT2D eigenvalue weighted by Crippen LogP contribution is -2.30. The van der Waals surface area contributed by atoms with Crippen molar-refractivity contribution in [3.63, 3.8) is 0 Å². The average molecular weight is 383 g/mol. The molecule has 1 unspecified atom stereocenters. The van der Waals surface area contributed by atoms with Crippen molar-refractivity contribution >= 4 is 17.7 Å². The molecule has 6 nitrogen and oxygen atoms in total. The van der Waals surface area contributed by atoms with Crippen molar-refractivity contribution in [2.45, 2.75) is 24.5 Å². The van der Waals surface area contributed by atoms with Gasteiger partial charge in [-0.15, -0.1) is 11.8 Å². The SMILES string of the molecule is COc1ccc(-c2noc(CNC(=O)C(C)SCc3ccccc3)n2)cc1. The lowest BCUT2D eigenvalue weighted by atomic mass is 10.2. The quantitative estimate of drug-likeness (QED) is 0.639. The summed E-state index contributed by atoms with van der Waals surface area (Å²) < 4.78 is 10.4. The average Bonchev–Trinajstić information content (AvgIpc) is 3.20. The largest absolute Gasteiger partial charge is 0.497 e. The van der Waals surface area contributed by atoms with Crippen molar-refractivity contribution in [2.75, 3.05) is 7.11 Å². The number of ether oxygens (including phenoxy) is 1. The van der Waals surface area contributed by atoms with E-state index in [1.54, 1.807) is 18.9 Å².